The molecule has 2 amide bonds. The number of aryl methyl sites for hydroxylation is 2. The van der Waals surface area contributed by atoms with Gasteiger partial charge in [0.2, 0.25) is 0 Å². The first-order chi connectivity index (χ1) is 13.6. The van der Waals surface area contributed by atoms with E-state index in [1.165, 1.54) is 41.8 Å². The topological polar surface area (TPSA) is 40.6 Å². The molecule has 148 valence electrons. The van der Waals surface area contributed by atoms with Crippen molar-refractivity contribution in [3.05, 3.63) is 57.0 Å². The maximum atomic E-state index is 14.0. The molecule has 0 radical (unpaired) electrons. The van der Waals surface area contributed by atoms with Crippen molar-refractivity contribution in [3.63, 3.8) is 0 Å². The lowest BCUT2D eigenvalue weighted by Gasteiger charge is -2.22. The number of thiophene rings is 1. The standard InChI is InChI=1S/C22H25FN2O2S/c23-18-9-5-4-8-17(18)21(26)24-11-6-12-25(14-13-24)22(27)20-15-16-7-2-1-3-10-19(16)28-20/h4-5,8-9,15H,1-3,6-7,10-14H2. The zero-order valence-electron chi connectivity index (χ0n) is 16.0. The Balaban J connectivity index is 1.43. The Labute approximate surface area is 169 Å². The lowest BCUT2D eigenvalue weighted by atomic mass is 10.1. The Hall–Kier alpha value is -2.21. The maximum Gasteiger partial charge on any atom is 0.263 e. The SMILES string of the molecule is O=C(c1cc2c(s1)CCCCC2)N1CCCN(C(=O)c2ccccc2F)CC1. The molecule has 4 rings (SSSR count). The highest BCUT2D eigenvalue weighted by Crippen LogP contribution is 2.30. The number of rotatable bonds is 2. The van der Waals surface area contributed by atoms with Gasteiger partial charge in [-0.15, -0.1) is 11.3 Å². The van der Waals surface area contributed by atoms with Crippen molar-refractivity contribution in [1.29, 1.82) is 0 Å². The average Bonchev–Trinajstić information content (AvgIpc) is 2.87. The molecular weight excluding hydrogens is 375 g/mol. The van der Waals surface area contributed by atoms with Crippen LogP contribution in [0.15, 0.2) is 30.3 Å². The third-order valence-corrected chi connectivity index (χ3v) is 6.86. The van der Waals surface area contributed by atoms with Crippen molar-refractivity contribution in [3.8, 4) is 0 Å². The minimum Gasteiger partial charge on any atom is -0.337 e. The van der Waals surface area contributed by atoms with Crippen molar-refractivity contribution in [2.45, 2.75) is 38.5 Å². The van der Waals surface area contributed by atoms with Gasteiger partial charge < -0.3 is 9.80 Å². The van der Waals surface area contributed by atoms with Crippen molar-refractivity contribution in [2.24, 2.45) is 0 Å². The number of benzene rings is 1. The van der Waals surface area contributed by atoms with Crippen molar-refractivity contribution < 1.29 is 14.0 Å². The third kappa shape index (κ3) is 3.97. The summed E-state index contributed by atoms with van der Waals surface area (Å²) in [4.78, 5) is 31.4. The Kier molecular flexibility index (Phi) is 5.76. The predicted octanol–water partition coefficient (Wildman–Crippen LogP) is 4.14. The molecule has 28 heavy (non-hydrogen) atoms. The van der Waals surface area contributed by atoms with Gasteiger partial charge in [0.25, 0.3) is 11.8 Å². The summed E-state index contributed by atoms with van der Waals surface area (Å²) in [5, 5.41) is 0. The van der Waals surface area contributed by atoms with Crippen molar-refractivity contribution in [2.75, 3.05) is 26.2 Å². The second kappa shape index (κ2) is 8.43. The molecule has 2 aromatic rings. The lowest BCUT2D eigenvalue weighted by Crippen LogP contribution is -2.37. The van der Waals surface area contributed by atoms with E-state index < -0.39 is 5.82 Å². The summed E-state index contributed by atoms with van der Waals surface area (Å²) in [5.41, 5.74) is 1.45. The van der Waals surface area contributed by atoms with E-state index in [1.54, 1.807) is 28.4 Å². The molecule has 1 saturated heterocycles. The third-order valence-electron chi connectivity index (χ3n) is 5.63. The fourth-order valence-electron chi connectivity index (χ4n) is 4.06. The Morgan fingerprint density at radius 1 is 0.857 bits per heavy atom. The maximum absolute atomic E-state index is 14.0. The van der Waals surface area contributed by atoms with Crippen LogP contribution in [0.25, 0.3) is 0 Å². The first-order valence-electron chi connectivity index (χ1n) is 10.1. The summed E-state index contributed by atoms with van der Waals surface area (Å²) >= 11 is 1.64. The van der Waals surface area contributed by atoms with E-state index in [0.29, 0.717) is 32.6 Å². The van der Waals surface area contributed by atoms with Gasteiger partial charge in [-0.05, 0) is 55.9 Å². The Morgan fingerprint density at radius 3 is 2.36 bits per heavy atom. The summed E-state index contributed by atoms with van der Waals surface area (Å²) in [6, 6.07) is 8.16. The van der Waals surface area contributed by atoms with Crippen LogP contribution in [0.5, 0.6) is 0 Å². The number of hydrogen-bond donors (Lipinski definition) is 0. The monoisotopic (exact) mass is 400 g/mol. The van der Waals surface area contributed by atoms with Crippen LogP contribution in [0.1, 0.15) is 56.2 Å². The quantitative estimate of drug-likeness (QED) is 0.711. The number of amides is 2. The molecule has 2 aliphatic rings. The van der Waals surface area contributed by atoms with E-state index in [2.05, 4.69) is 6.07 Å². The van der Waals surface area contributed by atoms with Crippen LogP contribution in [-0.2, 0) is 12.8 Å². The van der Waals surface area contributed by atoms with Gasteiger partial charge in [0.05, 0.1) is 10.4 Å². The van der Waals surface area contributed by atoms with Crippen LogP contribution in [0, 0.1) is 5.82 Å². The molecule has 0 unspecified atom stereocenters. The summed E-state index contributed by atoms with van der Waals surface area (Å²) in [6.07, 6.45) is 6.54. The molecular formula is C22H25FN2O2S. The summed E-state index contributed by atoms with van der Waals surface area (Å²) in [6.45, 7) is 2.09. The average molecular weight is 401 g/mol. The van der Waals surface area contributed by atoms with Crippen molar-refractivity contribution >= 4 is 23.2 Å². The van der Waals surface area contributed by atoms with Crippen LogP contribution in [0.2, 0.25) is 0 Å². The molecule has 0 bridgehead atoms. The van der Waals surface area contributed by atoms with Crippen LogP contribution in [0.3, 0.4) is 0 Å². The molecule has 0 N–H and O–H groups in total. The number of halogens is 1. The highest BCUT2D eigenvalue weighted by Gasteiger charge is 2.26. The number of carbonyl (C=O) groups is 2. The van der Waals surface area contributed by atoms with Crippen LogP contribution in [0.4, 0.5) is 4.39 Å². The van der Waals surface area contributed by atoms with E-state index in [4.69, 9.17) is 0 Å². The minimum atomic E-state index is -0.496. The number of hydrogen-bond acceptors (Lipinski definition) is 3. The molecule has 0 saturated carbocycles. The predicted molar refractivity (Wildman–Crippen MR) is 108 cm³/mol. The first kappa shape index (κ1) is 19.1. The molecule has 1 aromatic carbocycles. The highest BCUT2D eigenvalue weighted by atomic mass is 32.1. The van der Waals surface area contributed by atoms with Crippen molar-refractivity contribution in [1.82, 2.24) is 9.80 Å². The van der Waals surface area contributed by atoms with Crippen LogP contribution < -0.4 is 0 Å². The number of nitrogens with zero attached hydrogens (tertiary/aromatic N) is 2. The van der Waals surface area contributed by atoms with E-state index in [0.717, 1.165) is 17.7 Å². The largest absolute Gasteiger partial charge is 0.337 e. The van der Waals surface area contributed by atoms with Gasteiger partial charge in [0, 0.05) is 31.1 Å². The molecule has 1 aromatic heterocycles. The molecule has 2 heterocycles. The summed E-state index contributed by atoms with van der Waals surface area (Å²) in [5.74, 6) is -0.724. The molecule has 1 fully saturated rings. The second-order valence-corrected chi connectivity index (χ2v) is 8.67. The zero-order valence-corrected chi connectivity index (χ0v) is 16.8. The Bertz CT molecular complexity index is 856. The van der Waals surface area contributed by atoms with Gasteiger partial charge in [-0.1, -0.05) is 18.6 Å². The number of fused-ring (bicyclic) bond motifs is 1. The Morgan fingerprint density at radius 2 is 1.57 bits per heavy atom. The fraction of sp³-hybridized carbons (Fsp3) is 0.455. The second-order valence-electron chi connectivity index (χ2n) is 7.54. The molecule has 6 heteroatoms. The molecule has 0 spiro atoms. The zero-order chi connectivity index (χ0) is 19.5. The number of carbonyl (C=O) groups excluding carboxylic acids is 2. The first-order valence-corrected chi connectivity index (χ1v) is 10.9. The fourth-order valence-corrected chi connectivity index (χ4v) is 5.28. The van der Waals surface area contributed by atoms with Crippen LogP contribution in [-0.4, -0.2) is 47.8 Å². The van der Waals surface area contributed by atoms with E-state index >= 15 is 0 Å². The van der Waals surface area contributed by atoms with Crippen LogP contribution >= 0.6 is 11.3 Å². The van der Waals surface area contributed by atoms with Gasteiger partial charge in [0.1, 0.15) is 5.82 Å². The highest BCUT2D eigenvalue weighted by molar-refractivity contribution is 7.14. The van der Waals surface area contributed by atoms with Gasteiger partial charge in [-0.3, -0.25) is 9.59 Å². The lowest BCUT2D eigenvalue weighted by molar-refractivity contribution is 0.0718. The molecule has 1 aliphatic carbocycles. The summed E-state index contributed by atoms with van der Waals surface area (Å²) in [7, 11) is 0. The van der Waals surface area contributed by atoms with E-state index in [9.17, 15) is 14.0 Å². The van der Waals surface area contributed by atoms with E-state index in [1.807, 2.05) is 4.90 Å². The van der Waals surface area contributed by atoms with Gasteiger partial charge >= 0.3 is 0 Å². The summed E-state index contributed by atoms with van der Waals surface area (Å²) < 4.78 is 14.0. The smallest absolute Gasteiger partial charge is 0.263 e. The van der Waals surface area contributed by atoms with Gasteiger partial charge in [-0.2, -0.15) is 0 Å². The van der Waals surface area contributed by atoms with Gasteiger partial charge in [-0.25, -0.2) is 4.39 Å². The minimum absolute atomic E-state index is 0.0678. The molecule has 4 nitrogen and oxygen atoms in total. The van der Waals surface area contributed by atoms with Gasteiger partial charge in [0.15, 0.2) is 0 Å². The van der Waals surface area contributed by atoms with E-state index in [-0.39, 0.29) is 17.4 Å². The normalized spacial score (nSPS) is 17.6. The molecule has 1 aliphatic heterocycles. The molecule has 0 atom stereocenters.